The van der Waals surface area contributed by atoms with Gasteiger partial charge < -0.3 is 29.7 Å². The Morgan fingerprint density at radius 2 is 1.79 bits per heavy atom. The van der Waals surface area contributed by atoms with Crippen LogP contribution in [0.1, 0.15) is 36.7 Å². The second kappa shape index (κ2) is 11.8. The van der Waals surface area contributed by atoms with Gasteiger partial charge in [0.25, 0.3) is 5.91 Å². The maximum absolute atomic E-state index is 16.4. The summed E-state index contributed by atoms with van der Waals surface area (Å²) < 4.78 is 79.1. The van der Waals surface area contributed by atoms with Crippen LogP contribution < -0.4 is 20.7 Å². The lowest BCUT2D eigenvalue weighted by Gasteiger charge is -2.39. The second-order valence-electron chi connectivity index (χ2n) is 11.0. The fourth-order valence-electron chi connectivity index (χ4n) is 5.41. The van der Waals surface area contributed by atoms with Crippen molar-refractivity contribution in [3.05, 3.63) is 56.8 Å². The number of benzene rings is 1. The van der Waals surface area contributed by atoms with E-state index in [9.17, 15) is 22.8 Å². The number of hydrogen-bond acceptors (Lipinski definition) is 8. The molecule has 4 heterocycles. The molecule has 3 atom stereocenters. The number of nitrogens with zero attached hydrogens (tertiary/aromatic N) is 4. The number of nitrogens with one attached hydrogen (secondary N) is 2. The van der Waals surface area contributed by atoms with Crippen LogP contribution in [0.25, 0.3) is 11.3 Å². The molecule has 1 aromatic carbocycles. The van der Waals surface area contributed by atoms with Crippen molar-refractivity contribution >= 4 is 33.8 Å². The summed E-state index contributed by atoms with van der Waals surface area (Å²) >= 11 is 1.19. The molecule has 0 spiro atoms. The molecule has 2 saturated heterocycles. The third-order valence-electron chi connectivity index (χ3n) is 7.65. The largest absolute Gasteiger partial charge is 0.417 e. The monoisotopic (exact) mass is 626 g/mol. The highest BCUT2D eigenvalue weighted by molar-refractivity contribution is 7.14. The summed E-state index contributed by atoms with van der Waals surface area (Å²) in [5.41, 5.74) is -4.50. The Bertz CT molecular complexity index is 1570. The van der Waals surface area contributed by atoms with Crippen molar-refractivity contribution in [3.8, 4) is 11.3 Å². The number of halogens is 5. The average molecular weight is 627 g/mol. The van der Waals surface area contributed by atoms with Crippen LogP contribution in [-0.2, 0) is 10.9 Å². The zero-order valence-corrected chi connectivity index (χ0v) is 24.7. The van der Waals surface area contributed by atoms with E-state index in [1.165, 1.54) is 16.7 Å². The van der Waals surface area contributed by atoms with E-state index in [-0.39, 0.29) is 35.7 Å². The maximum atomic E-state index is 16.4. The molecular formula is C28H31F5N6O3S. The van der Waals surface area contributed by atoms with Gasteiger partial charge in [0.2, 0.25) is 5.56 Å². The van der Waals surface area contributed by atoms with Gasteiger partial charge in [0.05, 0.1) is 40.3 Å². The summed E-state index contributed by atoms with van der Waals surface area (Å²) in [5.74, 6) is -3.43. The zero-order chi connectivity index (χ0) is 31.2. The third-order valence-corrected chi connectivity index (χ3v) is 8.55. The van der Waals surface area contributed by atoms with E-state index in [1.54, 1.807) is 4.90 Å². The molecule has 0 saturated carbocycles. The number of rotatable bonds is 5. The van der Waals surface area contributed by atoms with Crippen molar-refractivity contribution < 1.29 is 31.5 Å². The van der Waals surface area contributed by atoms with Crippen LogP contribution in [0.2, 0.25) is 0 Å². The lowest BCUT2D eigenvalue weighted by atomic mass is 10.0. The summed E-state index contributed by atoms with van der Waals surface area (Å²) in [4.78, 5) is 37.1. The molecule has 2 aliphatic heterocycles. The molecule has 15 heteroatoms. The summed E-state index contributed by atoms with van der Waals surface area (Å²) in [6.45, 7) is 8.05. The number of aromatic nitrogens is 2. The van der Waals surface area contributed by atoms with Crippen LogP contribution in [0.3, 0.4) is 0 Å². The summed E-state index contributed by atoms with van der Waals surface area (Å²) in [6.07, 6.45) is -4.57. The number of hydrogen-bond donors (Lipinski definition) is 2. The Morgan fingerprint density at radius 3 is 2.44 bits per heavy atom. The number of aromatic amines is 1. The van der Waals surface area contributed by atoms with Gasteiger partial charge in [-0.1, -0.05) is 0 Å². The van der Waals surface area contributed by atoms with Gasteiger partial charge in [-0.2, -0.15) is 13.2 Å². The van der Waals surface area contributed by atoms with Crippen LogP contribution in [0, 0.1) is 11.6 Å². The summed E-state index contributed by atoms with van der Waals surface area (Å²) in [7, 11) is 1.90. The number of H-pyrrole nitrogens is 1. The van der Waals surface area contributed by atoms with Gasteiger partial charge >= 0.3 is 6.18 Å². The number of likely N-dealkylation sites (N-methyl/N-ethyl adjacent to an activating group) is 1. The second-order valence-corrected chi connectivity index (χ2v) is 11.8. The predicted octanol–water partition coefficient (Wildman–Crippen LogP) is 4.80. The van der Waals surface area contributed by atoms with Gasteiger partial charge in [0.15, 0.2) is 10.9 Å². The number of thiazole rings is 1. The molecule has 2 N–H and O–H groups in total. The SMILES string of the molecule is CC1CN(c2nc(-c3c(F)cc(N4CCN(C)C(C)C4)c(NC(=O)c4c[nH]c(=O)cc4C(F)(F)F)c3F)cs2)CC(C)O1. The van der Waals surface area contributed by atoms with E-state index in [0.29, 0.717) is 44.1 Å². The van der Waals surface area contributed by atoms with Gasteiger partial charge in [-0.3, -0.25) is 9.59 Å². The molecule has 0 bridgehead atoms. The number of anilines is 3. The van der Waals surface area contributed by atoms with Crippen LogP contribution in [0.4, 0.5) is 38.5 Å². The molecule has 3 unspecified atom stereocenters. The molecule has 2 aromatic heterocycles. The van der Waals surface area contributed by atoms with Crippen molar-refractivity contribution in [2.24, 2.45) is 0 Å². The van der Waals surface area contributed by atoms with Crippen LogP contribution >= 0.6 is 11.3 Å². The molecule has 3 aromatic rings. The highest BCUT2D eigenvalue weighted by Crippen LogP contribution is 2.41. The first kappa shape index (κ1) is 30.9. The van der Waals surface area contributed by atoms with Crippen molar-refractivity contribution in [2.75, 3.05) is 54.9 Å². The molecule has 232 valence electrons. The van der Waals surface area contributed by atoms with Gasteiger partial charge in [0.1, 0.15) is 11.5 Å². The molecule has 5 rings (SSSR count). The van der Waals surface area contributed by atoms with E-state index in [4.69, 9.17) is 4.74 Å². The summed E-state index contributed by atoms with van der Waals surface area (Å²) in [6, 6.07) is 1.31. The molecule has 43 heavy (non-hydrogen) atoms. The lowest BCUT2D eigenvalue weighted by Crippen LogP contribution is -2.50. The lowest BCUT2D eigenvalue weighted by molar-refractivity contribution is -0.138. The van der Waals surface area contributed by atoms with Gasteiger partial charge in [-0.05, 0) is 27.8 Å². The number of pyridine rings is 1. The Labute approximate surface area is 248 Å². The highest BCUT2D eigenvalue weighted by Gasteiger charge is 2.37. The van der Waals surface area contributed by atoms with E-state index in [1.807, 2.05) is 32.7 Å². The maximum Gasteiger partial charge on any atom is 0.417 e. The van der Waals surface area contributed by atoms with E-state index in [0.717, 1.165) is 6.07 Å². The molecule has 2 aliphatic rings. The normalized spacial score (nSPS) is 21.7. The number of carbonyl (C=O) groups excluding carboxylic acids is 1. The fourth-order valence-corrected chi connectivity index (χ4v) is 6.25. The van der Waals surface area contributed by atoms with E-state index < -0.39 is 51.7 Å². The number of carbonyl (C=O) groups is 1. The van der Waals surface area contributed by atoms with Crippen molar-refractivity contribution in [2.45, 2.75) is 45.2 Å². The van der Waals surface area contributed by atoms with E-state index in [2.05, 4.69) is 20.2 Å². The molecule has 1 amide bonds. The van der Waals surface area contributed by atoms with Gasteiger partial charge in [-0.25, -0.2) is 13.8 Å². The minimum absolute atomic E-state index is 0.0152. The van der Waals surface area contributed by atoms with Crippen LogP contribution in [0.5, 0.6) is 0 Å². The molecular weight excluding hydrogens is 595 g/mol. The Morgan fingerprint density at radius 1 is 1.09 bits per heavy atom. The Balaban J connectivity index is 1.58. The van der Waals surface area contributed by atoms with Crippen molar-refractivity contribution in [3.63, 3.8) is 0 Å². The predicted molar refractivity (Wildman–Crippen MR) is 154 cm³/mol. The minimum Gasteiger partial charge on any atom is -0.372 e. The standard InChI is InChI=1S/C28H31F5N6O3S/c1-14-10-38(6-5-37(14)4)21-8-19(29)23(20-13-43-27(35-20)39-11-15(2)42-16(3)12-39)24(30)25(21)36-26(41)17-9-34-22(40)7-18(17)28(31,32)33/h7-9,13-16H,5-6,10-12H2,1-4H3,(H,34,40)(H,36,41). The fraction of sp³-hybridized carbons (Fsp3) is 0.464. The quantitative estimate of drug-likeness (QED) is 0.393. The average Bonchev–Trinajstić information content (AvgIpc) is 3.40. The molecule has 0 aliphatic carbocycles. The first-order valence-corrected chi connectivity index (χ1v) is 14.6. The van der Waals surface area contributed by atoms with Crippen molar-refractivity contribution in [1.82, 2.24) is 14.9 Å². The van der Waals surface area contributed by atoms with Crippen molar-refractivity contribution in [1.29, 1.82) is 0 Å². The minimum atomic E-state index is -5.03. The Hall–Kier alpha value is -3.56. The van der Waals surface area contributed by atoms with Crippen LogP contribution in [-0.4, -0.2) is 78.8 Å². The smallest absolute Gasteiger partial charge is 0.372 e. The number of alkyl halides is 3. The van der Waals surface area contributed by atoms with E-state index >= 15 is 8.78 Å². The first-order valence-electron chi connectivity index (χ1n) is 13.7. The molecule has 0 radical (unpaired) electrons. The molecule has 2 fully saturated rings. The Kier molecular flexibility index (Phi) is 8.51. The first-order chi connectivity index (χ1) is 20.2. The number of piperazine rings is 1. The van der Waals surface area contributed by atoms with Gasteiger partial charge in [-0.15, -0.1) is 11.3 Å². The number of morpholine rings is 1. The number of ether oxygens (including phenoxy) is 1. The van der Waals surface area contributed by atoms with Gasteiger partial charge in [0, 0.05) is 62.5 Å². The van der Waals surface area contributed by atoms with Crippen LogP contribution in [0.15, 0.2) is 28.5 Å². The zero-order valence-electron chi connectivity index (χ0n) is 23.9. The highest BCUT2D eigenvalue weighted by atomic mass is 32.1. The summed E-state index contributed by atoms with van der Waals surface area (Å²) in [5, 5.41) is 4.28. The number of amides is 1. The third kappa shape index (κ3) is 6.38. The molecule has 9 nitrogen and oxygen atoms in total. The topological polar surface area (TPSA) is 93.8 Å².